The van der Waals surface area contributed by atoms with Gasteiger partial charge >= 0.3 is 5.97 Å². The van der Waals surface area contributed by atoms with Gasteiger partial charge in [-0.2, -0.15) is 0 Å². The van der Waals surface area contributed by atoms with Crippen molar-refractivity contribution in [3.63, 3.8) is 0 Å². The number of rotatable bonds is 2. The smallest absolute Gasteiger partial charge is 0.338 e. The van der Waals surface area contributed by atoms with Crippen molar-refractivity contribution in [3.8, 4) is 0 Å². The number of benzene rings is 1. The van der Waals surface area contributed by atoms with E-state index < -0.39 is 11.8 Å². The van der Waals surface area contributed by atoms with E-state index in [0.29, 0.717) is 12.1 Å². The summed E-state index contributed by atoms with van der Waals surface area (Å²) < 4.78 is 18.5. The minimum atomic E-state index is -0.496. The second-order valence-corrected chi connectivity index (χ2v) is 5.44. The molecule has 1 aromatic rings. The number of ether oxygens (including phenoxy) is 1. The zero-order valence-electron chi connectivity index (χ0n) is 11.6. The Morgan fingerprint density at radius 2 is 2.25 bits per heavy atom. The van der Waals surface area contributed by atoms with Gasteiger partial charge in [0.2, 0.25) is 0 Å². The van der Waals surface area contributed by atoms with Gasteiger partial charge in [0.1, 0.15) is 5.82 Å². The fourth-order valence-electron chi connectivity index (χ4n) is 3.36. The zero-order chi connectivity index (χ0) is 14.1. The van der Waals surface area contributed by atoms with Crippen molar-refractivity contribution < 1.29 is 13.9 Å². The highest BCUT2D eigenvalue weighted by atomic mass is 19.1. The lowest BCUT2D eigenvalue weighted by molar-refractivity contribution is 0.0600. The SMILES string of the molecule is COC(=O)c1cc(F)cc(N2CCC[C@H]3NCCC32)c1. The molecule has 0 saturated carbocycles. The topological polar surface area (TPSA) is 41.6 Å². The molecule has 2 aliphatic heterocycles. The highest BCUT2D eigenvalue weighted by Crippen LogP contribution is 2.30. The van der Waals surface area contributed by atoms with Gasteiger partial charge < -0.3 is 15.0 Å². The summed E-state index contributed by atoms with van der Waals surface area (Å²) in [6.07, 6.45) is 3.31. The molecule has 0 amide bonds. The van der Waals surface area contributed by atoms with E-state index in [-0.39, 0.29) is 5.56 Å². The molecule has 1 aromatic carbocycles. The second-order valence-electron chi connectivity index (χ2n) is 5.44. The molecule has 2 atom stereocenters. The van der Waals surface area contributed by atoms with E-state index in [0.717, 1.165) is 31.6 Å². The molecule has 20 heavy (non-hydrogen) atoms. The van der Waals surface area contributed by atoms with Gasteiger partial charge in [0, 0.05) is 24.3 Å². The maximum atomic E-state index is 13.8. The van der Waals surface area contributed by atoms with Crippen molar-refractivity contribution in [1.29, 1.82) is 0 Å². The number of nitrogens with zero attached hydrogens (tertiary/aromatic N) is 1. The van der Waals surface area contributed by atoms with Crippen LogP contribution in [0.15, 0.2) is 18.2 Å². The quantitative estimate of drug-likeness (QED) is 0.840. The Hall–Kier alpha value is -1.62. The molecule has 4 nitrogen and oxygen atoms in total. The van der Waals surface area contributed by atoms with Gasteiger partial charge in [-0.3, -0.25) is 0 Å². The van der Waals surface area contributed by atoms with Crippen molar-refractivity contribution in [2.24, 2.45) is 0 Å². The summed E-state index contributed by atoms with van der Waals surface area (Å²) in [5.74, 6) is -0.889. The molecule has 2 aliphatic rings. The summed E-state index contributed by atoms with van der Waals surface area (Å²) in [5.41, 5.74) is 1.05. The van der Waals surface area contributed by atoms with Crippen LogP contribution in [0.4, 0.5) is 10.1 Å². The molecule has 1 unspecified atom stereocenters. The molecule has 0 spiro atoms. The summed E-state index contributed by atoms with van der Waals surface area (Å²) in [4.78, 5) is 13.8. The lowest BCUT2D eigenvalue weighted by atomic mass is 9.96. The first-order chi connectivity index (χ1) is 9.69. The number of halogens is 1. The van der Waals surface area contributed by atoms with Crippen molar-refractivity contribution in [3.05, 3.63) is 29.6 Å². The third-order valence-corrected chi connectivity index (χ3v) is 4.26. The van der Waals surface area contributed by atoms with Crippen LogP contribution in [0.2, 0.25) is 0 Å². The first-order valence-corrected chi connectivity index (χ1v) is 7.08. The molecule has 3 rings (SSSR count). The molecule has 0 radical (unpaired) electrons. The van der Waals surface area contributed by atoms with Gasteiger partial charge in [0.15, 0.2) is 0 Å². The van der Waals surface area contributed by atoms with Crippen LogP contribution < -0.4 is 10.2 Å². The van der Waals surface area contributed by atoms with Crippen molar-refractivity contribution in [2.75, 3.05) is 25.1 Å². The molecular weight excluding hydrogens is 259 g/mol. The maximum Gasteiger partial charge on any atom is 0.338 e. The first-order valence-electron chi connectivity index (χ1n) is 7.08. The fourth-order valence-corrected chi connectivity index (χ4v) is 3.36. The minimum Gasteiger partial charge on any atom is -0.465 e. The maximum absolute atomic E-state index is 13.8. The number of nitrogens with one attached hydrogen (secondary N) is 1. The number of carbonyl (C=O) groups excluding carboxylic acids is 1. The average molecular weight is 278 g/mol. The Kier molecular flexibility index (Phi) is 3.61. The Bertz CT molecular complexity index is 521. The van der Waals surface area contributed by atoms with Crippen LogP contribution in [0.1, 0.15) is 29.6 Å². The van der Waals surface area contributed by atoms with Gasteiger partial charge in [-0.15, -0.1) is 0 Å². The highest BCUT2D eigenvalue weighted by molar-refractivity contribution is 5.90. The summed E-state index contributed by atoms with van der Waals surface area (Å²) in [5, 5.41) is 3.49. The van der Waals surface area contributed by atoms with Gasteiger partial charge in [-0.05, 0) is 44.0 Å². The Balaban J connectivity index is 1.92. The van der Waals surface area contributed by atoms with Crippen LogP contribution in [-0.4, -0.2) is 38.3 Å². The molecule has 2 fully saturated rings. The van der Waals surface area contributed by atoms with Crippen LogP contribution in [0.25, 0.3) is 0 Å². The summed E-state index contributed by atoms with van der Waals surface area (Å²) in [6.45, 7) is 1.91. The molecule has 0 bridgehead atoms. The normalized spacial score (nSPS) is 25.4. The minimum absolute atomic E-state index is 0.274. The first kappa shape index (κ1) is 13.4. The van der Waals surface area contributed by atoms with Crippen LogP contribution in [0.3, 0.4) is 0 Å². The Morgan fingerprint density at radius 1 is 1.40 bits per heavy atom. The standard InChI is InChI=1S/C15H19FN2O2/c1-20-15(19)10-7-11(16)9-12(8-10)18-6-2-3-13-14(18)4-5-17-13/h7-9,13-14,17H,2-6H2,1H3/t13-,14?/m1/s1. The molecule has 108 valence electrons. The second kappa shape index (κ2) is 5.40. The van der Waals surface area contributed by atoms with E-state index in [1.165, 1.54) is 25.7 Å². The molecule has 0 aliphatic carbocycles. The lowest BCUT2D eigenvalue weighted by Gasteiger charge is -2.39. The van der Waals surface area contributed by atoms with Gasteiger partial charge in [-0.1, -0.05) is 0 Å². The zero-order valence-corrected chi connectivity index (χ0v) is 11.6. The number of carbonyl (C=O) groups is 1. The summed E-state index contributed by atoms with van der Waals surface area (Å²) in [7, 11) is 1.31. The average Bonchev–Trinajstić information content (AvgIpc) is 2.94. The fraction of sp³-hybridized carbons (Fsp3) is 0.533. The van der Waals surface area contributed by atoms with Crippen LogP contribution in [0, 0.1) is 5.82 Å². The summed E-state index contributed by atoms with van der Waals surface area (Å²) in [6, 6.07) is 5.34. The molecule has 2 saturated heterocycles. The van der Waals surface area contributed by atoms with Crippen molar-refractivity contribution >= 4 is 11.7 Å². The number of hydrogen-bond acceptors (Lipinski definition) is 4. The van der Waals surface area contributed by atoms with E-state index in [1.54, 1.807) is 6.07 Å². The molecule has 5 heteroatoms. The largest absolute Gasteiger partial charge is 0.465 e. The Morgan fingerprint density at radius 3 is 3.05 bits per heavy atom. The molecule has 2 heterocycles. The lowest BCUT2D eigenvalue weighted by Crippen LogP contribution is -2.48. The van der Waals surface area contributed by atoms with E-state index in [9.17, 15) is 9.18 Å². The number of fused-ring (bicyclic) bond motifs is 1. The molecule has 1 N–H and O–H groups in total. The van der Waals surface area contributed by atoms with Crippen LogP contribution in [0.5, 0.6) is 0 Å². The van der Waals surface area contributed by atoms with Gasteiger partial charge in [-0.25, -0.2) is 9.18 Å². The monoisotopic (exact) mass is 278 g/mol. The third-order valence-electron chi connectivity index (χ3n) is 4.26. The highest BCUT2D eigenvalue weighted by Gasteiger charge is 2.35. The van der Waals surface area contributed by atoms with Crippen LogP contribution in [-0.2, 0) is 4.74 Å². The van der Waals surface area contributed by atoms with Crippen molar-refractivity contribution in [2.45, 2.75) is 31.3 Å². The van der Waals surface area contributed by atoms with E-state index >= 15 is 0 Å². The van der Waals surface area contributed by atoms with E-state index in [1.807, 2.05) is 0 Å². The van der Waals surface area contributed by atoms with Gasteiger partial charge in [0.25, 0.3) is 0 Å². The number of piperidine rings is 1. The predicted molar refractivity (Wildman–Crippen MR) is 74.5 cm³/mol. The van der Waals surface area contributed by atoms with Gasteiger partial charge in [0.05, 0.1) is 12.7 Å². The third kappa shape index (κ3) is 2.38. The number of methoxy groups -OCH3 is 1. The molecule has 0 aromatic heterocycles. The van der Waals surface area contributed by atoms with Crippen molar-refractivity contribution in [1.82, 2.24) is 5.32 Å². The van der Waals surface area contributed by atoms with E-state index in [2.05, 4.69) is 15.0 Å². The molecular formula is C15H19FN2O2. The number of esters is 1. The predicted octanol–water partition coefficient (Wildman–Crippen LogP) is 1.94. The number of anilines is 1. The Labute approximate surface area is 117 Å². The van der Waals surface area contributed by atoms with Crippen LogP contribution >= 0.6 is 0 Å². The summed E-state index contributed by atoms with van der Waals surface area (Å²) >= 11 is 0. The van der Waals surface area contributed by atoms with E-state index in [4.69, 9.17) is 0 Å². The number of hydrogen-bond donors (Lipinski definition) is 1.